The highest BCUT2D eigenvalue weighted by atomic mass is 19.1. The van der Waals surface area contributed by atoms with Crippen molar-refractivity contribution in [3.8, 4) is 17.1 Å². The van der Waals surface area contributed by atoms with E-state index in [0.717, 1.165) is 11.3 Å². The Balaban J connectivity index is 1.67. The normalized spacial score (nSPS) is 10.5. The number of carbonyl (C=O) groups excluding carboxylic acids is 1. The molecule has 9 heteroatoms. The molecule has 2 aromatic heterocycles. The molecule has 3 rings (SSSR count). The van der Waals surface area contributed by atoms with Gasteiger partial charge in [-0.05, 0) is 30.3 Å². The maximum Gasteiger partial charge on any atom is 0.293 e. The predicted octanol–water partition coefficient (Wildman–Crippen LogP) is 1.71. The number of carbonyl (C=O) groups is 1. The van der Waals surface area contributed by atoms with Crippen LogP contribution in [-0.2, 0) is 29.6 Å². The summed E-state index contributed by atoms with van der Waals surface area (Å²) in [4.78, 5) is 10.1. The van der Waals surface area contributed by atoms with Crippen LogP contribution in [0, 0.1) is 5.82 Å². The monoisotopic (exact) mass is 357 g/mol. The SMILES string of the molecule is Cn1nnc(-c2ccc(F)cc2)c1COc1ccc(CCOC=O)nn1. The lowest BCUT2D eigenvalue weighted by atomic mass is 10.1. The zero-order chi connectivity index (χ0) is 18.4. The van der Waals surface area contributed by atoms with Gasteiger partial charge in [0.15, 0.2) is 0 Å². The molecule has 0 amide bonds. The van der Waals surface area contributed by atoms with Crippen molar-refractivity contribution in [1.29, 1.82) is 0 Å². The molecule has 0 aliphatic rings. The number of halogens is 1. The molecule has 1 aromatic carbocycles. The second-order valence-corrected chi connectivity index (χ2v) is 5.38. The molecular formula is C17H16FN5O3. The Hall–Kier alpha value is -3.36. The van der Waals surface area contributed by atoms with Gasteiger partial charge in [-0.1, -0.05) is 5.21 Å². The summed E-state index contributed by atoms with van der Waals surface area (Å²) in [6.45, 7) is 0.824. The highest BCUT2D eigenvalue weighted by Gasteiger charge is 2.14. The van der Waals surface area contributed by atoms with E-state index < -0.39 is 0 Å². The highest BCUT2D eigenvalue weighted by molar-refractivity contribution is 5.61. The van der Waals surface area contributed by atoms with Crippen molar-refractivity contribution in [3.05, 3.63) is 53.6 Å². The highest BCUT2D eigenvalue weighted by Crippen LogP contribution is 2.22. The van der Waals surface area contributed by atoms with E-state index in [0.29, 0.717) is 30.2 Å². The van der Waals surface area contributed by atoms with Crippen LogP contribution >= 0.6 is 0 Å². The Labute approximate surface area is 148 Å². The van der Waals surface area contributed by atoms with Gasteiger partial charge in [0.1, 0.15) is 23.8 Å². The van der Waals surface area contributed by atoms with Crippen molar-refractivity contribution >= 4 is 6.47 Å². The summed E-state index contributed by atoms with van der Waals surface area (Å²) in [5.74, 6) is 0.0284. The maximum atomic E-state index is 13.1. The first kappa shape index (κ1) is 17.5. The maximum absolute atomic E-state index is 13.1. The zero-order valence-corrected chi connectivity index (χ0v) is 14.0. The molecule has 26 heavy (non-hydrogen) atoms. The molecule has 0 aliphatic carbocycles. The minimum absolute atomic E-state index is 0.179. The lowest BCUT2D eigenvalue weighted by Gasteiger charge is -2.07. The summed E-state index contributed by atoms with van der Waals surface area (Å²) in [5, 5.41) is 16.1. The van der Waals surface area contributed by atoms with Crippen molar-refractivity contribution in [1.82, 2.24) is 25.2 Å². The van der Waals surface area contributed by atoms with Crippen molar-refractivity contribution in [2.75, 3.05) is 6.61 Å². The number of hydrogen-bond donors (Lipinski definition) is 0. The van der Waals surface area contributed by atoms with Gasteiger partial charge in [-0.25, -0.2) is 9.07 Å². The van der Waals surface area contributed by atoms with Gasteiger partial charge in [0.25, 0.3) is 6.47 Å². The van der Waals surface area contributed by atoms with Gasteiger partial charge >= 0.3 is 0 Å². The molecule has 0 saturated heterocycles. The van der Waals surface area contributed by atoms with Gasteiger partial charge < -0.3 is 9.47 Å². The minimum atomic E-state index is -0.315. The molecule has 0 aliphatic heterocycles. The van der Waals surface area contributed by atoms with Crippen LogP contribution in [0.15, 0.2) is 36.4 Å². The third kappa shape index (κ3) is 4.18. The Morgan fingerprint density at radius 3 is 2.62 bits per heavy atom. The Morgan fingerprint density at radius 2 is 1.92 bits per heavy atom. The molecule has 8 nitrogen and oxygen atoms in total. The number of aryl methyl sites for hydroxylation is 1. The van der Waals surface area contributed by atoms with E-state index >= 15 is 0 Å². The number of ether oxygens (including phenoxy) is 2. The van der Waals surface area contributed by atoms with Crippen molar-refractivity contribution in [2.45, 2.75) is 13.0 Å². The quantitative estimate of drug-likeness (QED) is 0.447. The molecule has 0 bridgehead atoms. The molecule has 0 N–H and O–H groups in total. The number of aromatic nitrogens is 5. The van der Waals surface area contributed by atoms with E-state index in [1.807, 2.05) is 0 Å². The Kier molecular flexibility index (Phi) is 5.47. The molecule has 0 spiro atoms. The number of nitrogens with zero attached hydrogens (tertiary/aromatic N) is 5. The van der Waals surface area contributed by atoms with Crippen molar-refractivity contribution in [2.24, 2.45) is 7.05 Å². The van der Waals surface area contributed by atoms with Crippen LogP contribution in [0.4, 0.5) is 4.39 Å². The molecule has 134 valence electrons. The largest absolute Gasteiger partial charge is 0.470 e. The average molecular weight is 357 g/mol. The van der Waals surface area contributed by atoms with Crippen molar-refractivity contribution in [3.63, 3.8) is 0 Å². The minimum Gasteiger partial charge on any atom is -0.470 e. The van der Waals surface area contributed by atoms with Gasteiger partial charge in [-0.2, -0.15) is 5.10 Å². The average Bonchev–Trinajstić information content (AvgIpc) is 3.02. The predicted molar refractivity (Wildman–Crippen MR) is 88.5 cm³/mol. The molecule has 2 heterocycles. The molecule has 0 atom stereocenters. The van der Waals surface area contributed by atoms with Gasteiger partial charge in [0, 0.05) is 25.1 Å². The standard InChI is InChI=1S/C17H16FN5O3/c1-23-15(17(21-22-23)12-2-4-13(18)5-3-12)10-26-16-7-6-14(19-20-16)8-9-25-11-24/h2-7,11H,8-10H2,1H3. The second-order valence-electron chi connectivity index (χ2n) is 5.38. The Morgan fingerprint density at radius 1 is 1.12 bits per heavy atom. The van der Waals surface area contributed by atoms with E-state index in [9.17, 15) is 9.18 Å². The summed E-state index contributed by atoms with van der Waals surface area (Å²) >= 11 is 0. The zero-order valence-electron chi connectivity index (χ0n) is 14.0. The van der Waals surface area contributed by atoms with Gasteiger partial charge in [-0.3, -0.25) is 4.79 Å². The molecule has 0 radical (unpaired) electrons. The number of hydrogen-bond acceptors (Lipinski definition) is 7. The lowest BCUT2D eigenvalue weighted by molar-refractivity contribution is -0.128. The van der Waals surface area contributed by atoms with Gasteiger partial charge in [0.2, 0.25) is 5.88 Å². The van der Waals surface area contributed by atoms with Gasteiger partial charge in [-0.15, -0.1) is 10.2 Å². The molecule has 0 unspecified atom stereocenters. The fourth-order valence-electron chi connectivity index (χ4n) is 2.28. The van der Waals surface area contributed by atoms with Crippen LogP contribution < -0.4 is 4.74 Å². The topological polar surface area (TPSA) is 92.0 Å². The van der Waals surface area contributed by atoms with E-state index in [4.69, 9.17) is 4.74 Å². The smallest absolute Gasteiger partial charge is 0.293 e. The van der Waals surface area contributed by atoms with E-state index in [2.05, 4.69) is 25.2 Å². The molecular weight excluding hydrogens is 341 g/mol. The van der Waals surface area contributed by atoms with Crippen LogP contribution in [0.3, 0.4) is 0 Å². The Bertz CT molecular complexity index is 865. The van der Waals surface area contributed by atoms with Crippen LogP contribution in [-0.4, -0.2) is 38.3 Å². The summed E-state index contributed by atoms with van der Waals surface area (Å²) in [7, 11) is 1.75. The lowest BCUT2D eigenvalue weighted by Crippen LogP contribution is -2.06. The van der Waals surface area contributed by atoms with Crippen LogP contribution in [0.25, 0.3) is 11.3 Å². The summed E-state index contributed by atoms with van der Waals surface area (Å²) in [6, 6.07) is 9.45. The molecule has 0 fully saturated rings. The number of benzene rings is 1. The second kappa shape index (κ2) is 8.15. The fourth-order valence-corrected chi connectivity index (χ4v) is 2.28. The van der Waals surface area contributed by atoms with E-state index in [1.54, 1.807) is 36.0 Å². The fraction of sp³-hybridized carbons (Fsp3) is 0.235. The summed E-state index contributed by atoms with van der Waals surface area (Å²) < 4.78 is 25.0. The number of rotatable bonds is 8. The van der Waals surface area contributed by atoms with Crippen LogP contribution in [0.5, 0.6) is 5.88 Å². The molecule has 3 aromatic rings. The van der Waals surface area contributed by atoms with Crippen molar-refractivity contribution < 1.29 is 18.7 Å². The summed E-state index contributed by atoms with van der Waals surface area (Å²) in [6.07, 6.45) is 0.479. The van der Waals surface area contributed by atoms with Crippen LogP contribution in [0.1, 0.15) is 11.4 Å². The van der Waals surface area contributed by atoms with Gasteiger partial charge in [0.05, 0.1) is 12.3 Å². The molecule has 0 saturated carbocycles. The first-order chi connectivity index (χ1) is 12.7. The third-order valence-electron chi connectivity index (χ3n) is 3.66. The first-order valence-electron chi connectivity index (χ1n) is 7.82. The third-order valence-corrected chi connectivity index (χ3v) is 3.66. The van der Waals surface area contributed by atoms with E-state index in [1.165, 1.54) is 12.1 Å². The van der Waals surface area contributed by atoms with E-state index in [-0.39, 0.29) is 19.0 Å². The summed E-state index contributed by atoms with van der Waals surface area (Å²) in [5.41, 5.74) is 2.77. The first-order valence-corrected chi connectivity index (χ1v) is 7.82. The van der Waals surface area contributed by atoms with Crippen LogP contribution in [0.2, 0.25) is 0 Å².